The Hall–Kier alpha value is -0.200. The van der Waals surface area contributed by atoms with E-state index in [4.69, 9.17) is 5.26 Å². The van der Waals surface area contributed by atoms with Crippen molar-refractivity contribution in [2.45, 2.75) is 13.3 Å². The summed E-state index contributed by atoms with van der Waals surface area (Å²) in [6, 6.07) is 0. The van der Waals surface area contributed by atoms with E-state index >= 15 is 0 Å². The highest BCUT2D eigenvalue weighted by Gasteiger charge is 1.76. The van der Waals surface area contributed by atoms with Gasteiger partial charge in [0.05, 0.1) is 0 Å². The first-order valence-corrected chi connectivity index (χ1v) is 3.01. The Kier molecular flexibility index (Phi) is 5.63. The van der Waals surface area contributed by atoms with E-state index in [0.29, 0.717) is 0 Å². The normalized spacial score (nSPS) is 8.00. The van der Waals surface area contributed by atoms with E-state index < -0.39 is 0 Å². The number of nitriles is 1. The summed E-state index contributed by atoms with van der Waals surface area (Å²) in [5, 5.41) is 9.85. The summed E-state index contributed by atoms with van der Waals surface area (Å²) in [7, 11) is 0. The number of thiocyanates is 1. The molecule has 0 aliphatic carbocycles. The van der Waals surface area contributed by atoms with E-state index in [0.717, 1.165) is 24.9 Å². The molecule has 0 aromatic rings. The van der Waals surface area contributed by atoms with Gasteiger partial charge in [-0.1, -0.05) is 6.92 Å². The van der Waals surface area contributed by atoms with Crippen LogP contribution in [-0.4, -0.2) is 6.54 Å². The van der Waals surface area contributed by atoms with Crippen LogP contribution in [0.1, 0.15) is 13.3 Å². The number of nitrogens with zero attached hydrogens (tertiary/aromatic N) is 1. The molecule has 40 valence electrons. The molecule has 1 N–H and O–H groups in total. The minimum Gasteiger partial charge on any atom is -0.251 e. The lowest BCUT2D eigenvalue weighted by Gasteiger charge is -1.88. The molecule has 0 aliphatic heterocycles. The first kappa shape index (κ1) is 6.80. The lowest BCUT2D eigenvalue weighted by atomic mass is 10.5. The van der Waals surface area contributed by atoms with E-state index in [1.54, 1.807) is 0 Å². The van der Waals surface area contributed by atoms with Gasteiger partial charge in [0.2, 0.25) is 0 Å². The minimum absolute atomic E-state index is 0.915. The van der Waals surface area contributed by atoms with Crippen molar-refractivity contribution in [3.05, 3.63) is 0 Å². The summed E-state index contributed by atoms with van der Waals surface area (Å²) in [6.07, 6.45) is 1.08. The minimum atomic E-state index is 0.915. The molecule has 0 bridgehead atoms. The van der Waals surface area contributed by atoms with Gasteiger partial charge in [-0.05, 0) is 6.42 Å². The van der Waals surface area contributed by atoms with Crippen molar-refractivity contribution in [3.8, 4) is 5.40 Å². The summed E-state index contributed by atoms with van der Waals surface area (Å²) in [5.74, 6) is 0. The molecule has 0 saturated carbocycles. The molecule has 0 radical (unpaired) electrons. The van der Waals surface area contributed by atoms with E-state index in [1.165, 1.54) is 0 Å². The zero-order chi connectivity index (χ0) is 5.54. The molecule has 0 unspecified atom stereocenters. The topological polar surface area (TPSA) is 35.8 Å². The van der Waals surface area contributed by atoms with Crippen LogP contribution in [0.4, 0.5) is 0 Å². The molecule has 0 heterocycles. The monoisotopic (exact) mass is 116 g/mol. The first-order valence-electron chi connectivity index (χ1n) is 2.19. The van der Waals surface area contributed by atoms with Crippen LogP contribution in [0.2, 0.25) is 0 Å². The smallest absolute Gasteiger partial charge is 0.149 e. The molecule has 0 aromatic carbocycles. The fourth-order valence-electron chi connectivity index (χ4n) is 0.185. The predicted octanol–water partition coefficient (Wildman–Crippen LogP) is 1.12. The summed E-state index contributed by atoms with van der Waals surface area (Å²) in [6.45, 7) is 2.98. The molecular weight excluding hydrogens is 108 g/mol. The maximum atomic E-state index is 7.94. The standard InChI is InChI=1S/C4H8N2S/c1-2-3-6-7-4-5/h6H,2-3H2,1H3. The maximum Gasteiger partial charge on any atom is 0.149 e. The van der Waals surface area contributed by atoms with Crippen LogP contribution in [-0.2, 0) is 0 Å². The van der Waals surface area contributed by atoms with Crippen molar-refractivity contribution in [1.82, 2.24) is 4.72 Å². The molecule has 2 nitrogen and oxygen atoms in total. The number of hydrogen-bond acceptors (Lipinski definition) is 3. The summed E-state index contributed by atoms with van der Waals surface area (Å²) in [4.78, 5) is 0. The van der Waals surface area contributed by atoms with Gasteiger partial charge in [0.25, 0.3) is 0 Å². The fourth-order valence-corrected chi connectivity index (χ4v) is 0.556. The van der Waals surface area contributed by atoms with Gasteiger partial charge in [0.15, 0.2) is 0 Å². The first-order chi connectivity index (χ1) is 3.41. The van der Waals surface area contributed by atoms with Crippen LogP contribution in [0.3, 0.4) is 0 Å². The molecular formula is C4H8N2S. The second-order valence-electron chi connectivity index (χ2n) is 1.09. The molecule has 3 heteroatoms. The molecule has 0 rings (SSSR count). The van der Waals surface area contributed by atoms with Gasteiger partial charge in [-0.15, -0.1) is 0 Å². The van der Waals surface area contributed by atoms with Crippen molar-refractivity contribution >= 4 is 11.9 Å². The van der Waals surface area contributed by atoms with Gasteiger partial charge in [-0.3, -0.25) is 4.72 Å². The van der Waals surface area contributed by atoms with Crippen LogP contribution in [0, 0.1) is 10.7 Å². The van der Waals surface area contributed by atoms with Crippen molar-refractivity contribution in [2.75, 3.05) is 6.54 Å². The summed E-state index contributed by atoms with van der Waals surface area (Å²) >= 11 is 1.09. The van der Waals surface area contributed by atoms with E-state index in [2.05, 4.69) is 11.6 Å². The Morgan fingerprint density at radius 1 is 1.86 bits per heavy atom. The Morgan fingerprint density at radius 3 is 3.00 bits per heavy atom. The van der Waals surface area contributed by atoms with E-state index in [-0.39, 0.29) is 0 Å². The van der Waals surface area contributed by atoms with Crippen molar-refractivity contribution in [3.63, 3.8) is 0 Å². The zero-order valence-electron chi connectivity index (χ0n) is 4.27. The SMILES string of the molecule is CCCNSC#N. The van der Waals surface area contributed by atoms with Gasteiger partial charge in [-0.25, -0.2) is 0 Å². The average Bonchev–Trinajstić information content (AvgIpc) is 1.69. The Bertz CT molecular complexity index is 66.6. The number of nitrogens with one attached hydrogen (secondary N) is 1. The molecule has 0 atom stereocenters. The van der Waals surface area contributed by atoms with Crippen LogP contribution >= 0.6 is 11.9 Å². The van der Waals surface area contributed by atoms with Crippen molar-refractivity contribution in [2.24, 2.45) is 0 Å². The Morgan fingerprint density at radius 2 is 2.57 bits per heavy atom. The Labute approximate surface area is 48.0 Å². The zero-order valence-corrected chi connectivity index (χ0v) is 5.09. The van der Waals surface area contributed by atoms with Crippen LogP contribution in [0.5, 0.6) is 0 Å². The van der Waals surface area contributed by atoms with E-state index in [1.807, 2.05) is 5.40 Å². The van der Waals surface area contributed by atoms with Crippen molar-refractivity contribution in [1.29, 1.82) is 5.26 Å². The summed E-state index contributed by atoms with van der Waals surface area (Å²) in [5.41, 5.74) is 0. The van der Waals surface area contributed by atoms with Crippen molar-refractivity contribution < 1.29 is 0 Å². The number of hydrogen-bond donors (Lipinski definition) is 1. The van der Waals surface area contributed by atoms with Crippen LogP contribution < -0.4 is 4.72 Å². The third kappa shape index (κ3) is 5.80. The predicted molar refractivity (Wildman–Crippen MR) is 31.5 cm³/mol. The van der Waals surface area contributed by atoms with Gasteiger partial charge in [-0.2, -0.15) is 5.26 Å². The molecule has 0 fully saturated rings. The third-order valence-electron chi connectivity index (χ3n) is 0.470. The lowest BCUT2D eigenvalue weighted by molar-refractivity contribution is 0.880. The second kappa shape index (κ2) is 5.80. The molecule has 0 spiro atoms. The lowest BCUT2D eigenvalue weighted by Crippen LogP contribution is -2.01. The van der Waals surface area contributed by atoms with Gasteiger partial charge in [0, 0.05) is 18.5 Å². The highest BCUT2D eigenvalue weighted by Crippen LogP contribution is 1.85. The van der Waals surface area contributed by atoms with Gasteiger partial charge >= 0.3 is 0 Å². The molecule has 0 aromatic heterocycles. The average molecular weight is 116 g/mol. The molecule has 7 heavy (non-hydrogen) atoms. The van der Waals surface area contributed by atoms with Gasteiger partial charge < -0.3 is 0 Å². The van der Waals surface area contributed by atoms with Crippen LogP contribution in [0.25, 0.3) is 0 Å². The molecule has 0 aliphatic rings. The summed E-state index contributed by atoms with van der Waals surface area (Å²) < 4.78 is 2.84. The van der Waals surface area contributed by atoms with Gasteiger partial charge in [0.1, 0.15) is 5.40 Å². The third-order valence-corrected chi connectivity index (χ3v) is 0.910. The highest BCUT2D eigenvalue weighted by molar-refractivity contribution is 8.01. The number of rotatable bonds is 3. The largest absolute Gasteiger partial charge is 0.251 e. The molecule has 0 amide bonds. The molecule has 0 saturated heterocycles. The van der Waals surface area contributed by atoms with E-state index in [9.17, 15) is 0 Å². The van der Waals surface area contributed by atoms with Crippen LogP contribution in [0.15, 0.2) is 0 Å². The fraction of sp³-hybridized carbons (Fsp3) is 0.750. The maximum absolute atomic E-state index is 7.94. The highest BCUT2D eigenvalue weighted by atomic mass is 32.2. The Balaban J connectivity index is 2.60. The quantitative estimate of drug-likeness (QED) is 0.341. The second-order valence-corrected chi connectivity index (χ2v) is 1.76.